The summed E-state index contributed by atoms with van der Waals surface area (Å²) in [5.74, 6) is 1.69. The first-order chi connectivity index (χ1) is 11.6. The molecule has 4 rings (SSSR count). The van der Waals surface area contributed by atoms with Crippen LogP contribution in [0.1, 0.15) is 56.6 Å². The fourth-order valence-electron chi connectivity index (χ4n) is 4.68. The number of hydrogen-bond acceptors (Lipinski definition) is 2. The SMILES string of the molecule is CC1(C)C=CCN1CC1CC(c2ccc(CN3CCCC3)cc2)C1. The Labute approximate surface area is 147 Å². The molecule has 2 fully saturated rings. The summed E-state index contributed by atoms with van der Waals surface area (Å²) in [6, 6.07) is 9.53. The van der Waals surface area contributed by atoms with Crippen LogP contribution in [-0.4, -0.2) is 41.5 Å². The van der Waals surface area contributed by atoms with E-state index in [1.807, 2.05) is 0 Å². The average molecular weight is 325 g/mol. The molecule has 2 heterocycles. The van der Waals surface area contributed by atoms with Gasteiger partial charge in [-0.1, -0.05) is 36.4 Å². The van der Waals surface area contributed by atoms with E-state index in [0.717, 1.165) is 24.9 Å². The molecule has 2 heteroatoms. The largest absolute Gasteiger partial charge is 0.299 e. The van der Waals surface area contributed by atoms with E-state index in [0.29, 0.717) is 0 Å². The summed E-state index contributed by atoms with van der Waals surface area (Å²) in [7, 11) is 0. The monoisotopic (exact) mass is 324 g/mol. The van der Waals surface area contributed by atoms with Crippen molar-refractivity contribution >= 4 is 0 Å². The summed E-state index contributed by atoms with van der Waals surface area (Å²) in [4.78, 5) is 5.22. The second-order valence-corrected chi connectivity index (χ2v) is 8.72. The van der Waals surface area contributed by atoms with Gasteiger partial charge in [-0.05, 0) is 75.6 Å². The normalized spacial score (nSPS) is 29.9. The Hall–Kier alpha value is -1.12. The van der Waals surface area contributed by atoms with Crippen molar-refractivity contribution in [1.29, 1.82) is 0 Å². The van der Waals surface area contributed by atoms with Crippen molar-refractivity contribution < 1.29 is 0 Å². The molecule has 3 aliphatic rings. The molecule has 0 spiro atoms. The minimum atomic E-state index is 0.266. The van der Waals surface area contributed by atoms with Gasteiger partial charge in [0.2, 0.25) is 0 Å². The van der Waals surface area contributed by atoms with Gasteiger partial charge in [0.05, 0.1) is 0 Å². The van der Waals surface area contributed by atoms with Gasteiger partial charge in [0.25, 0.3) is 0 Å². The second-order valence-electron chi connectivity index (χ2n) is 8.72. The maximum absolute atomic E-state index is 2.63. The van der Waals surface area contributed by atoms with Crippen LogP contribution in [0.2, 0.25) is 0 Å². The topological polar surface area (TPSA) is 6.48 Å². The fraction of sp³-hybridized carbons (Fsp3) is 0.636. The summed E-state index contributed by atoms with van der Waals surface area (Å²) >= 11 is 0. The highest BCUT2D eigenvalue weighted by molar-refractivity contribution is 5.27. The molecule has 1 aliphatic carbocycles. The molecule has 0 atom stereocenters. The maximum Gasteiger partial charge on any atom is 0.0338 e. The van der Waals surface area contributed by atoms with E-state index >= 15 is 0 Å². The lowest BCUT2D eigenvalue weighted by Crippen LogP contribution is -2.44. The number of likely N-dealkylation sites (tertiary alicyclic amines) is 1. The summed E-state index contributed by atoms with van der Waals surface area (Å²) in [6.45, 7) is 10.8. The summed E-state index contributed by atoms with van der Waals surface area (Å²) in [6.07, 6.45) is 10.2. The van der Waals surface area contributed by atoms with E-state index in [9.17, 15) is 0 Å². The Bertz CT molecular complexity index is 574. The molecule has 1 saturated carbocycles. The lowest BCUT2D eigenvalue weighted by atomic mass is 9.71. The highest BCUT2D eigenvalue weighted by Gasteiger charge is 2.35. The minimum absolute atomic E-state index is 0.266. The van der Waals surface area contributed by atoms with Crippen molar-refractivity contribution in [3.63, 3.8) is 0 Å². The molecule has 130 valence electrons. The minimum Gasteiger partial charge on any atom is -0.299 e. The van der Waals surface area contributed by atoms with Crippen LogP contribution in [0.25, 0.3) is 0 Å². The third kappa shape index (κ3) is 3.45. The van der Waals surface area contributed by atoms with Gasteiger partial charge in [0.15, 0.2) is 0 Å². The van der Waals surface area contributed by atoms with Crippen molar-refractivity contribution in [3.05, 3.63) is 47.5 Å². The number of benzene rings is 1. The number of hydrogen-bond donors (Lipinski definition) is 0. The van der Waals surface area contributed by atoms with Crippen molar-refractivity contribution in [2.24, 2.45) is 5.92 Å². The Morgan fingerprint density at radius 3 is 2.38 bits per heavy atom. The molecule has 0 aromatic heterocycles. The number of nitrogens with zero attached hydrogens (tertiary/aromatic N) is 2. The van der Waals surface area contributed by atoms with E-state index in [4.69, 9.17) is 0 Å². The Morgan fingerprint density at radius 2 is 1.75 bits per heavy atom. The van der Waals surface area contributed by atoms with Gasteiger partial charge >= 0.3 is 0 Å². The molecule has 1 aromatic rings. The molecule has 0 N–H and O–H groups in total. The predicted octanol–water partition coefficient (Wildman–Crippen LogP) is 4.43. The Balaban J connectivity index is 1.26. The van der Waals surface area contributed by atoms with Crippen molar-refractivity contribution in [2.75, 3.05) is 26.2 Å². The van der Waals surface area contributed by atoms with E-state index in [1.54, 1.807) is 5.56 Å². The molecule has 2 aliphatic heterocycles. The van der Waals surface area contributed by atoms with Crippen LogP contribution >= 0.6 is 0 Å². The first kappa shape index (κ1) is 16.4. The van der Waals surface area contributed by atoms with Gasteiger partial charge < -0.3 is 0 Å². The quantitative estimate of drug-likeness (QED) is 0.740. The molecule has 0 unspecified atom stereocenters. The Morgan fingerprint density at radius 1 is 1.04 bits per heavy atom. The van der Waals surface area contributed by atoms with Crippen molar-refractivity contribution in [1.82, 2.24) is 9.80 Å². The summed E-state index contributed by atoms with van der Waals surface area (Å²) in [5.41, 5.74) is 3.32. The molecular formula is C22H32N2. The molecule has 0 bridgehead atoms. The third-order valence-electron chi connectivity index (χ3n) is 6.44. The zero-order valence-electron chi connectivity index (χ0n) is 15.4. The van der Waals surface area contributed by atoms with Gasteiger partial charge in [0, 0.05) is 25.2 Å². The molecule has 1 saturated heterocycles. The highest BCUT2D eigenvalue weighted by atomic mass is 15.2. The van der Waals surface area contributed by atoms with Crippen LogP contribution in [0.5, 0.6) is 0 Å². The van der Waals surface area contributed by atoms with Crippen LogP contribution < -0.4 is 0 Å². The van der Waals surface area contributed by atoms with E-state index in [1.165, 1.54) is 50.9 Å². The van der Waals surface area contributed by atoms with Gasteiger partial charge in [-0.15, -0.1) is 0 Å². The lowest BCUT2D eigenvalue weighted by Gasteiger charge is -2.41. The number of rotatable bonds is 5. The van der Waals surface area contributed by atoms with Gasteiger partial charge in [-0.25, -0.2) is 0 Å². The Kier molecular flexibility index (Phi) is 4.53. The first-order valence-corrected chi connectivity index (χ1v) is 9.84. The van der Waals surface area contributed by atoms with Crippen LogP contribution in [0, 0.1) is 5.92 Å². The van der Waals surface area contributed by atoms with E-state index < -0.39 is 0 Å². The molecule has 0 amide bonds. The molecule has 2 nitrogen and oxygen atoms in total. The molecule has 24 heavy (non-hydrogen) atoms. The maximum atomic E-state index is 2.63. The lowest BCUT2D eigenvalue weighted by molar-refractivity contribution is 0.121. The van der Waals surface area contributed by atoms with Crippen molar-refractivity contribution in [2.45, 2.75) is 57.5 Å². The fourth-order valence-corrected chi connectivity index (χ4v) is 4.68. The molecule has 1 aromatic carbocycles. The zero-order chi connectivity index (χ0) is 16.6. The standard InChI is InChI=1S/C22H32N2/c1-22(2)10-5-13-24(22)17-19-14-21(15-19)20-8-6-18(7-9-20)16-23-11-3-4-12-23/h5-10,19,21H,3-4,11-17H2,1-2H3. The smallest absolute Gasteiger partial charge is 0.0338 e. The van der Waals surface area contributed by atoms with Gasteiger partial charge in [-0.2, -0.15) is 0 Å². The van der Waals surface area contributed by atoms with Gasteiger partial charge in [-0.3, -0.25) is 9.80 Å². The van der Waals surface area contributed by atoms with Crippen LogP contribution in [0.15, 0.2) is 36.4 Å². The van der Waals surface area contributed by atoms with E-state index in [-0.39, 0.29) is 5.54 Å². The predicted molar refractivity (Wildman–Crippen MR) is 101 cm³/mol. The summed E-state index contributed by atoms with van der Waals surface area (Å²) < 4.78 is 0. The highest BCUT2D eigenvalue weighted by Crippen LogP contribution is 2.43. The van der Waals surface area contributed by atoms with E-state index in [2.05, 4.69) is 60.1 Å². The molecule has 0 radical (unpaired) electrons. The average Bonchev–Trinajstić information content (AvgIpc) is 3.13. The second kappa shape index (κ2) is 6.65. The van der Waals surface area contributed by atoms with Crippen molar-refractivity contribution in [3.8, 4) is 0 Å². The van der Waals surface area contributed by atoms with Crippen LogP contribution in [0.4, 0.5) is 0 Å². The van der Waals surface area contributed by atoms with Gasteiger partial charge in [0.1, 0.15) is 0 Å². The third-order valence-corrected chi connectivity index (χ3v) is 6.44. The first-order valence-electron chi connectivity index (χ1n) is 9.84. The van der Waals surface area contributed by atoms with Crippen LogP contribution in [-0.2, 0) is 6.54 Å². The molecular weight excluding hydrogens is 292 g/mol. The van der Waals surface area contributed by atoms with Crippen LogP contribution in [0.3, 0.4) is 0 Å². The zero-order valence-corrected chi connectivity index (χ0v) is 15.4. The summed E-state index contributed by atoms with van der Waals surface area (Å²) in [5, 5.41) is 0.